The molecule has 0 radical (unpaired) electrons. The molecule has 1 saturated heterocycles. The zero-order valence-electron chi connectivity index (χ0n) is 16.7. The van der Waals surface area contributed by atoms with Crippen LogP contribution in [-0.4, -0.2) is 53.0 Å². The highest BCUT2D eigenvalue weighted by atomic mass is 16.2. The topological polar surface area (TPSA) is 61.4 Å². The highest BCUT2D eigenvalue weighted by Gasteiger charge is 2.26. The average Bonchev–Trinajstić information content (AvgIpc) is 2.66. The second-order valence-electron chi connectivity index (χ2n) is 7.26. The van der Waals surface area contributed by atoms with Crippen LogP contribution in [0.25, 0.3) is 0 Å². The average molecular weight is 367 g/mol. The molecule has 6 nitrogen and oxygen atoms in total. The Balaban J connectivity index is 1.52. The summed E-state index contributed by atoms with van der Waals surface area (Å²) in [6, 6.07) is 10.0. The van der Waals surface area contributed by atoms with E-state index >= 15 is 0 Å². The predicted molar refractivity (Wildman–Crippen MR) is 108 cm³/mol. The summed E-state index contributed by atoms with van der Waals surface area (Å²) >= 11 is 0. The number of carbonyl (C=O) groups excluding carboxylic acids is 1. The largest absolute Gasteiger partial charge is 0.354 e. The predicted octanol–water partition coefficient (Wildman–Crippen LogP) is 2.23. The zero-order chi connectivity index (χ0) is 19.4. The van der Waals surface area contributed by atoms with Crippen molar-refractivity contribution in [2.24, 2.45) is 0 Å². The second kappa shape index (κ2) is 8.48. The number of nitrogens with zero attached hydrogens (tertiary/aromatic N) is 4. The Morgan fingerprint density at radius 3 is 2.48 bits per heavy atom. The number of benzene rings is 1. The molecular weight excluding hydrogens is 338 g/mol. The minimum atomic E-state index is -0.134. The van der Waals surface area contributed by atoms with Crippen LogP contribution in [0, 0.1) is 20.8 Å². The monoisotopic (exact) mass is 367 g/mol. The van der Waals surface area contributed by atoms with Gasteiger partial charge in [-0.05, 0) is 38.8 Å². The molecule has 1 aliphatic rings. The molecule has 1 amide bonds. The van der Waals surface area contributed by atoms with Crippen molar-refractivity contribution in [3.8, 4) is 0 Å². The van der Waals surface area contributed by atoms with Crippen molar-refractivity contribution in [1.82, 2.24) is 20.2 Å². The molecule has 6 heteroatoms. The molecule has 0 aliphatic carbocycles. The first-order valence-corrected chi connectivity index (χ1v) is 9.57. The van der Waals surface area contributed by atoms with Gasteiger partial charge in [-0.1, -0.05) is 24.3 Å². The quantitative estimate of drug-likeness (QED) is 0.878. The van der Waals surface area contributed by atoms with Gasteiger partial charge in [0.1, 0.15) is 11.6 Å². The molecule has 1 atom stereocenters. The van der Waals surface area contributed by atoms with Crippen molar-refractivity contribution in [1.29, 1.82) is 0 Å². The molecular formula is C21H29N5O. The number of amides is 1. The third kappa shape index (κ3) is 4.83. The Hall–Kier alpha value is -2.47. The summed E-state index contributed by atoms with van der Waals surface area (Å²) in [5.74, 6) is 1.87. The van der Waals surface area contributed by atoms with Crippen molar-refractivity contribution >= 4 is 11.7 Å². The van der Waals surface area contributed by atoms with E-state index in [2.05, 4.69) is 44.1 Å². The van der Waals surface area contributed by atoms with Crippen molar-refractivity contribution < 1.29 is 4.79 Å². The molecule has 27 heavy (non-hydrogen) atoms. The van der Waals surface area contributed by atoms with Gasteiger partial charge in [0.2, 0.25) is 5.91 Å². The van der Waals surface area contributed by atoms with E-state index in [0.717, 1.165) is 49.1 Å². The maximum absolute atomic E-state index is 12.6. The fourth-order valence-corrected chi connectivity index (χ4v) is 3.50. The second-order valence-corrected chi connectivity index (χ2v) is 7.26. The van der Waals surface area contributed by atoms with Gasteiger partial charge < -0.3 is 10.2 Å². The summed E-state index contributed by atoms with van der Waals surface area (Å²) in [6.45, 7) is 12.0. The fraction of sp³-hybridized carbons (Fsp3) is 0.476. The Morgan fingerprint density at radius 2 is 1.81 bits per heavy atom. The summed E-state index contributed by atoms with van der Waals surface area (Å²) in [7, 11) is 0. The summed E-state index contributed by atoms with van der Waals surface area (Å²) in [4.78, 5) is 26.0. The summed E-state index contributed by atoms with van der Waals surface area (Å²) < 4.78 is 0. The maximum atomic E-state index is 12.6. The Bertz CT molecular complexity index is 779. The van der Waals surface area contributed by atoms with Crippen LogP contribution in [0.1, 0.15) is 29.6 Å². The van der Waals surface area contributed by atoms with Gasteiger partial charge in [0.25, 0.3) is 0 Å². The van der Waals surface area contributed by atoms with E-state index in [1.807, 2.05) is 39.0 Å². The van der Waals surface area contributed by atoms with Gasteiger partial charge in [0, 0.05) is 44.5 Å². The van der Waals surface area contributed by atoms with Crippen LogP contribution in [0.5, 0.6) is 0 Å². The van der Waals surface area contributed by atoms with Crippen LogP contribution in [0.3, 0.4) is 0 Å². The van der Waals surface area contributed by atoms with Gasteiger partial charge in [-0.2, -0.15) is 0 Å². The van der Waals surface area contributed by atoms with Crippen molar-refractivity contribution in [3.63, 3.8) is 0 Å². The standard InChI is InChI=1S/C21H29N5O/c1-15-7-5-6-8-19(15)14-22-21(27)17(3)25-9-11-26(12-10-25)20-13-16(2)23-18(4)24-20/h5-8,13,17H,9-12,14H2,1-4H3,(H,22,27). The SMILES string of the molecule is Cc1cc(N2CCN(C(C)C(=O)NCc3ccccc3C)CC2)nc(C)n1. The summed E-state index contributed by atoms with van der Waals surface area (Å²) in [5.41, 5.74) is 3.36. The molecule has 1 aliphatic heterocycles. The molecule has 0 spiro atoms. The van der Waals surface area contributed by atoms with E-state index in [0.29, 0.717) is 6.54 Å². The lowest BCUT2D eigenvalue weighted by atomic mass is 10.1. The number of anilines is 1. The lowest BCUT2D eigenvalue weighted by molar-refractivity contribution is -0.126. The van der Waals surface area contributed by atoms with Gasteiger partial charge in [0.05, 0.1) is 6.04 Å². The summed E-state index contributed by atoms with van der Waals surface area (Å²) in [6.07, 6.45) is 0. The van der Waals surface area contributed by atoms with Crippen LogP contribution in [0.15, 0.2) is 30.3 Å². The van der Waals surface area contributed by atoms with E-state index in [9.17, 15) is 4.79 Å². The van der Waals surface area contributed by atoms with Crippen molar-refractivity contribution in [3.05, 3.63) is 53.0 Å². The number of hydrogen-bond acceptors (Lipinski definition) is 5. The number of hydrogen-bond donors (Lipinski definition) is 1. The minimum Gasteiger partial charge on any atom is -0.354 e. The first-order valence-electron chi connectivity index (χ1n) is 9.57. The van der Waals surface area contributed by atoms with E-state index in [1.165, 1.54) is 5.56 Å². The Morgan fingerprint density at radius 1 is 1.11 bits per heavy atom. The zero-order valence-corrected chi connectivity index (χ0v) is 16.7. The van der Waals surface area contributed by atoms with Crippen LogP contribution < -0.4 is 10.2 Å². The Labute approximate surface area is 161 Å². The highest BCUT2D eigenvalue weighted by Crippen LogP contribution is 2.16. The number of nitrogens with one attached hydrogen (secondary N) is 1. The fourth-order valence-electron chi connectivity index (χ4n) is 3.50. The Kier molecular flexibility index (Phi) is 6.06. The number of piperazine rings is 1. The van der Waals surface area contributed by atoms with Crippen LogP contribution >= 0.6 is 0 Å². The molecule has 1 aromatic carbocycles. The molecule has 0 bridgehead atoms. The minimum absolute atomic E-state index is 0.0837. The highest BCUT2D eigenvalue weighted by molar-refractivity contribution is 5.81. The first-order chi connectivity index (χ1) is 12.9. The number of carbonyl (C=O) groups is 1. The van der Waals surface area contributed by atoms with Crippen LogP contribution in [-0.2, 0) is 11.3 Å². The molecule has 1 unspecified atom stereocenters. The number of rotatable bonds is 5. The molecule has 1 aromatic heterocycles. The molecule has 2 heterocycles. The lowest BCUT2D eigenvalue weighted by Gasteiger charge is -2.38. The molecule has 3 rings (SSSR count). The smallest absolute Gasteiger partial charge is 0.237 e. The van der Waals surface area contributed by atoms with Gasteiger partial charge >= 0.3 is 0 Å². The van der Waals surface area contributed by atoms with Crippen molar-refractivity contribution in [2.75, 3.05) is 31.1 Å². The van der Waals surface area contributed by atoms with Gasteiger partial charge in [-0.25, -0.2) is 9.97 Å². The molecule has 0 saturated carbocycles. The van der Waals surface area contributed by atoms with E-state index in [4.69, 9.17) is 0 Å². The molecule has 1 N–H and O–H groups in total. The molecule has 1 fully saturated rings. The van der Waals surface area contributed by atoms with Gasteiger partial charge in [0.15, 0.2) is 0 Å². The van der Waals surface area contributed by atoms with Gasteiger partial charge in [-0.3, -0.25) is 9.69 Å². The summed E-state index contributed by atoms with van der Waals surface area (Å²) in [5, 5.41) is 3.08. The maximum Gasteiger partial charge on any atom is 0.237 e. The van der Waals surface area contributed by atoms with Gasteiger partial charge in [-0.15, -0.1) is 0 Å². The third-order valence-corrected chi connectivity index (χ3v) is 5.23. The lowest BCUT2D eigenvalue weighted by Crippen LogP contribution is -2.54. The molecule has 144 valence electrons. The molecule has 2 aromatic rings. The van der Waals surface area contributed by atoms with Crippen LogP contribution in [0.4, 0.5) is 5.82 Å². The van der Waals surface area contributed by atoms with Crippen LogP contribution in [0.2, 0.25) is 0 Å². The number of aromatic nitrogens is 2. The first kappa shape index (κ1) is 19.3. The van der Waals surface area contributed by atoms with E-state index in [-0.39, 0.29) is 11.9 Å². The van der Waals surface area contributed by atoms with Crippen molar-refractivity contribution in [2.45, 2.75) is 40.3 Å². The normalized spacial score (nSPS) is 16.2. The van der Waals surface area contributed by atoms with E-state index < -0.39 is 0 Å². The van der Waals surface area contributed by atoms with E-state index in [1.54, 1.807) is 0 Å². The number of aryl methyl sites for hydroxylation is 3. The third-order valence-electron chi connectivity index (χ3n) is 5.23.